The molecule has 15 heavy (non-hydrogen) atoms. The van der Waals surface area contributed by atoms with Gasteiger partial charge in [-0.2, -0.15) is 20.1 Å². The van der Waals surface area contributed by atoms with Crippen LogP contribution in [-0.4, -0.2) is 35.6 Å². The van der Waals surface area contributed by atoms with Crippen LogP contribution in [0.25, 0.3) is 16.7 Å². The molecule has 0 amide bonds. The van der Waals surface area contributed by atoms with E-state index in [-0.39, 0.29) is 12.4 Å². The summed E-state index contributed by atoms with van der Waals surface area (Å²) in [6, 6.07) is 5.62. The Labute approximate surface area is 89.9 Å². The number of aromatic nitrogens is 7. The SMILES string of the molecule is Cl.c1cc(-n2cnnn2)c2n[nH]nc2c1. The fourth-order valence-electron chi connectivity index (χ4n) is 1.31. The van der Waals surface area contributed by atoms with E-state index < -0.39 is 0 Å². The third-order valence-corrected chi connectivity index (χ3v) is 1.92. The van der Waals surface area contributed by atoms with E-state index in [0.717, 1.165) is 16.7 Å². The third kappa shape index (κ3) is 1.42. The van der Waals surface area contributed by atoms with Crippen molar-refractivity contribution >= 4 is 23.4 Å². The van der Waals surface area contributed by atoms with Crippen LogP contribution in [0, 0.1) is 0 Å². The maximum Gasteiger partial charge on any atom is 0.143 e. The number of fused-ring (bicyclic) bond motifs is 1. The monoisotopic (exact) mass is 223 g/mol. The molecule has 76 valence electrons. The van der Waals surface area contributed by atoms with Gasteiger partial charge in [0.15, 0.2) is 0 Å². The summed E-state index contributed by atoms with van der Waals surface area (Å²) >= 11 is 0. The lowest BCUT2D eigenvalue weighted by Gasteiger charge is -1.97. The molecule has 0 bridgehead atoms. The fraction of sp³-hybridized carbons (Fsp3) is 0. The highest BCUT2D eigenvalue weighted by molar-refractivity contribution is 5.85. The Bertz CT molecular complexity index is 558. The molecule has 0 radical (unpaired) electrons. The van der Waals surface area contributed by atoms with Crippen LogP contribution in [0.15, 0.2) is 24.5 Å². The van der Waals surface area contributed by atoms with E-state index in [1.807, 2.05) is 18.2 Å². The summed E-state index contributed by atoms with van der Waals surface area (Å²) in [4.78, 5) is 0. The highest BCUT2D eigenvalue weighted by Crippen LogP contribution is 2.15. The summed E-state index contributed by atoms with van der Waals surface area (Å²) in [5, 5.41) is 21.5. The number of nitrogens with one attached hydrogen (secondary N) is 1. The Morgan fingerprint density at radius 1 is 1.20 bits per heavy atom. The van der Waals surface area contributed by atoms with Gasteiger partial charge in [0, 0.05) is 0 Å². The van der Waals surface area contributed by atoms with Gasteiger partial charge in [-0.25, -0.2) is 0 Å². The molecular formula is C7H6ClN7. The smallest absolute Gasteiger partial charge is 0.143 e. The second-order valence-electron chi connectivity index (χ2n) is 2.72. The number of hydrogen-bond acceptors (Lipinski definition) is 5. The van der Waals surface area contributed by atoms with E-state index in [0.29, 0.717) is 0 Å². The molecule has 0 aliphatic heterocycles. The van der Waals surface area contributed by atoms with Crippen LogP contribution in [0.4, 0.5) is 0 Å². The van der Waals surface area contributed by atoms with Crippen LogP contribution in [0.5, 0.6) is 0 Å². The lowest BCUT2D eigenvalue weighted by atomic mass is 10.3. The van der Waals surface area contributed by atoms with Crippen molar-refractivity contribution in [2.75, 3.05) is 0 Å². The minimum atomic E-state index is 0. The number of H-pyrrole nitrogens is 1. The van der Waals surface area contributed by atoms with Gasteiger partial charge in [0.05, 0.1) is 5.69 Å². The quantitative estimate of drug-likeness (QED) is 0.644. The molecule has 0 aliphatic carbocycles. The van der Waals surface area contributed by atoms with Crippen molar-refractivity contribution in [1.29, 1.82) is 0 Å². The predicted octanol–water partition coefficient (Wildman–Crippen LogP) is 0.355. The summed E-state index contributed by atoms with van der Waals surface area (Å²) < 4.78 is 1.55. The first-order valence-corrected chi connectivity index (χ1v) is 3.98. The highest BCUT2D eigenvalue weighted by Gasteiger charge is 2.06. The first-order chi connectivity index (χ1) is 6.95. The van der Waals surface area contributed by atoms with Crippen LogP contribution >= 0.6 is 12.4 Å². The highest BCUT2D eigenvalue weighted by atomic mass is 35.5. The second kappa shape index (κ2) is 3.62. The fourth-order valence-corrected chi connectivity index (χ4v) is 1.31. The number of hydrogen-bond donors (Lipinski definition) is 1. The van der Waals surface area contributed by atoms with Gasteiger partial charge in [-0.3, -0.25) is 0 Å². The van der Waals surface area contributed by atoms with Crippen LogP contribution in [0.1, 0.15) is 0 Å². The van der Waals surface area contributed by atoms with Gasteiger partial charge in [-0.15, -0.1) is 17.5 Å². The van der Waals surface area contributed by atoms with Gasteiger partial charge in [-0.1, -0.05) is 6.07 Å². The summed E-state index contributed by atoms with van der Waals surface area (Å²) in [6.45, 7) is 0. The number of aromatic amines is 1. The van der Waals surface area contributed by atoms with E-state index in [2.05, 4.69) is 30.9 Å². The molecule has 1 N–H and O–H groups in total. The van der Waals surface area contributed by atoms with E-state index >= 15 is 0 Å². The first-order valence-electron chi connectivity index (χ1n) is 3.98. The van der Waals surface area contributed by atoms with Gasteiger partial charge in [-0.05, 0) is 22.6 Å². The van der Waals surface area contributed by atoms with Gasteiger partial charge in [0.25, 0.3) is 0 Å². The Kier molecular flexibility index (Phi) is 2.30. The maximum atomic E-state index is 4.02. The molecule has 3 rings (SSSR count). The number of para-hydroxylation sites is 1. The molecule has 0 fully saturated rings. The largest absolute Gasteiger partial charge is 0.198 e. The minimum Gasteiger partial charge on any atom is -0.198 e. The summed E-state index contributed by atoms with van der Waals surface area (Å²) in [5.41, 5.74) is 2.35. The standard InChI is InChI=1S/C7H5N7.ClH/c1-2-5-7(10-12-9-5)6(3-1)14-4-8-11-13-14;/h1-4H,(H,9,10,12);1H. The van der Waals surface area contributed by atoms with Gasteiger partial charge in [0.1, 0.15) is 17.4 Å². The topological polar surface area (TPSA) is 85.2 Å². The Hall–Kier alpha value is -2.02. The van der Waals surface area contributed by atoms with Gasteiger partial charge < -0.3 is 0 Å². The summed E-state index contributed by atoms with van der Waals surface area (Å²) in [5.74, 6) is 0. The molecule has 2 aromatic heterocycles. The zero-order valence-electron chi connectivity index (χ0n) is 7.40. The Morgan fingerprint density at radius 2 is 2.13 bits per heavy atom. The molecule has 0 saturated carbocycles. The van der Waals surface area contributed by atoms with E-state index in [1.54, 1.807) is 4.68 Å². The minimum absolute atomic E-state index is 0. The van der Waals surface area contributed by atoms with E-state index in [4.69, 9.17) is 0 Å². The summed E-state index contributed by atoms with van der Waals surface area (Å²) in [7, 11) is 0. The van der Waals surface area contributed by atoms with Crippen LogP contribution < -0.4 is 0 Å². The third-order valence-electron chi connectivity index (χ3n) is 1.92. The lowest BCUT2D eigenvalue weighted by molar-refractivity contribution is 0.791. The van der Waals surface area contributed by atoms with Crippen molar-refractivity contribution in [2.24, 2.45) is 0 Å². The van der Waals surface area contributed by atoms with Crippen LogP contribution in [0.3, 0.4) is 0 Å². The molecule has 0 aliphatic rings. The van der Waals surface area contributed by atoms with E-state index in [1.165, 1.54) is 6.33 Å². The number of nitrogens with zero attached hydrogens (tertiary/aromatic N) is 6. The average Bonchev–Trinajstić information content (AvgIpc) is 2.88. The van der Waals surface area contributed by atoms with Crippen molar-refractivity contribution in [3.63, 3.8) is 0 Å². The zero-order valence-corrected chi connectivity index (χ0v) is 8.22. The molecular weight excluding hydrogens is 218 g/mol. The first kappa shape index (κ1) is 9.53. The Balaban J connectivity index is 0.000000853. The molecule has 2 heterocycles. The van der Waals surface area contributed by atoms with Crippen molar-refractivity contribution in [1.82, 2.24) is 35.6 Å². The molecule has 0 atom stereocenters. The molecule has 8 heteroatoms. The molecule has 3 aromatic rings. The zero-order chi connectivity index (χ0) is 9.38. The molecule has 0 spiro atoms. The number of benzene rings is 1. The van der Waals surface area contributed by atoms with Crippen molar-refractivity contribution in [2.45, 2.75) is 0 Å². The summed E-state index contributed by atoms with van der Waals surface area (Å²) in [6.07, 6.45) is 1.52. The number of halogens is 1. The maximum absolute atomic E-state index is 4.02. The van der Waals surface area contributed by atoms with Crippen molar-refractivity contribution < 1.29 is 0 Å². The second-order valence-corrected chi connectivity index (χ2v) is 2.72. The molecule has 1 aromatic carbocycles. The van der Waals surface area contributed by atoms with Gasteiger partial charge >= 0.3 is 0 Å². The van der Waals surface area contributed by atoms with Gasteiger partial charge in [0.2, 0.25) is 0 Å². The average molecular weight is 224 g/mol. The van der Waals surface area contributed by atoms with Crippen molar-refractivity contribution in [3.05, 3.63) is 24.5 Å². The molecule has 0 saturated heterocycles. The van der Waals surface area contributed by atoms with Crippen LogP contribution in [-0.2, 0) is 0 Å². The normalized spacial score (nSPS) is 10.1. The Morgan fingerprint density at radius 3 is 2.93 bits per heavy atom. The lowest BCUT2D eigenvalue weighted by Crippen LogP contribution is -1.95. The predicted molar refractivity (Wildman–Crippen MR) is 53.8 cm³/mol. The van der Waals surface area contributed by atoms with Crippen LogP contribution in [0.2, 0.25) is 0 Å². The number of tetrazole rings is 1. The molecule has 0 unspecified atom stereocenters. The number of rotatable bonds is 1. The van der Waals surface area contributed by atoms with E-state index in [9.17, 15) is 0 Å². The molecule has 7 nitrogen and oxygen atoms in total. The van der Waals surface area contributed by atoms with Crippen molar-refractivity contribution in [3.8, 4) is 5.69 Å².